The average molecular weight is 296 g/mol. The van der Waals surface area contributed by atoms with Crippen LogP contribution in [0.1, 0.15) is 36.9 Å². The van der Waals surface area contributed by atoms with Crippen LogP contribution >= 0.6 is 0 Å². The first kappa shape index (κ1) is 14.8. The Morgan fingerprint density at radius 3 is 2.59 bits per heavy atom. The van der Waals surface area contributed by atoms with E-state index in [1.54, 1.807) is 0 Å². The Bertz CT molecular complexity index is 606. The van der Waals surface area contributed by atoms with E-state index in [1.807, 2.05) is 19.1 Å². The van der Waals surface area contributed by atoms with Gasteiger partial charge in [-0.25, -0.2) is 4.98 Å². The lowest BCUT2D eigenvalue weighted by molar-refractivity contribution is 0.741. The van der Waals surface area contributed by atoms with Gasteiger partial charge in [-0.2, -0.15) is 4.98 Å². The molecule has 1 aromatic carbocycles. The molecular weight excluding hydrogens is 272 g/mol. The Hall–Kier alpha value is -2.10. The zero-order chi connectivity index (χ0) is 15.4. The first-order valence-electron chi connectivity index (χ1n) is 8.08. The van der Waals surface area contributed by atoms with Gasteiger partial charge in [-0.05, 0) is 25.3 Å². The molecule has 0 aliphatic heterocycles. The van der Waals surface area contributed by atoms with E-state index in [0.29, 0.717) is 6.04 Å². The Kier molecular flexibility index (Phi) is 4.56. The van der Waals surface area contributed by atoms with E-state index in [0.717, 1.165) is 24.0 Å². The Morgan fingerprint density at radius 1 is 1.14 bits per heavy atom. The maximum Gasteiger partial charge on any atom is 0.225 e. The highest BCUT2D eigenvalue weighted by Gasteiger charge is 2.16. The highest BCUT2D eigenvalue weighted by Crippen LogP contribution is 2.22. The zero-order valence-corrected chi connectivity index (χ0v) is 13.4. The van der Waals surface area contributed by atoms with Gasteiger partial charge in [-0.3, -0.25) is 0 Å². The molecule has 2 aromatic rings. The van der Waals surface area contributed by atoms with Gasteiger partial charge in [0.15, 0.2) is 0 Å². The van der Waals surface area contributed by atoms with Gasteiger partial charge in [0, 0.05) is 31.4 Å². The molecule has 4 heteroatoms. The summed E-state index contributed by atoms with van der Waals surface area (Å²) in [5, 5.41) is 3.49. The summed E-state index contributed by atoms with van der Waals surface area (Å²) in [6.07, 6.45) is 5.08. The van der Waals surface area contributed by atoms with E-state index in [2.05, 4.69) is 46.5 Å². The summed E-state index contributed by atoms with van der Waals surface area (Å²) in [7, 11) is 2.08. The number of anilines is 2. The molecule has 116 valence electrons. The van der Waals surface area contributed by atoms with Crippen molar-refractivity contribution in [1.82, 2.24) is 9.97 Å². The molecule has 0 bridgehead atoms. The number of benzene rings is 1. The third-order valence-electron chi connectivity index (χ3n) is 4.18. The van der Waals surface area contributed by atoms with Crippen LogP contribution < -0.4 is 10.2 Å². The minimum Gasteiger partial charge on any atom is -0.355 e. The number of aromatic nitrogens is 2. The van der Waals surface area contributed by atoms with Crippen LogP contribution in [-0.4, -0.2) is 23.1 Å². The second-order valence-electron chi connectivity index (χ2n) is 6.16. The summed E-state index contributed by atoms with van der Waals surface area (Å²) in [4.78, 5) is 11.4. The van der Waals surface area contributed by atoms with Crippen LogP contribution in [0.3, 0.4) is 0 Å². The van der Waals surface area contributed by atoms with Crippen molar-refractivity contribution in [2.24, 2.45) is 0 Å². The van der Waals surface area contributed by atoms with Gasteiger partial charge in [0.25, 0.3) is 0 Å². The maximum atomic E-state index is 4.70. The summed E-state index contributed by atoms with van der Waals surface area (Å²) >= 11 is 0. The van der Waals surface area contributed by atoms with Crippen molar-refractivity contribution in [2.75, 3.05) is 17.3 Å². The van der Waals surface area contributed by atoms with Crippen LogP contribution in [0.4, 0.5) is 11.8 Å². The Balaban J connectivity index is 1.73. The predicted molar refractivity (Wildman–Crippen MR) is 91.2 cm³/mol. The minimum atomic E-state index is 0.536. The van der Waals surface area contributed by atoms with E-state index in [-0.39, 0.29) is 0 Å². The Labute approximate surface area is 132 Å². The molecule has 0 atom stereocenters. The third kappa shape index (κ3) is 3.75. The fourth-order valence-corrected chi connectivity index (χ4v) is 3.00. The highest BCUT2D eigenvalue weighted by molar-refractivity contribution is 5.45. The lowest BCUT2D eigenvalue weighted by Crippen LogP contribution is -2.21. The molecule has 4 nitrogen and oxygen atoms in total. The van der Waals surface area contributed by atoms with Crippen molar-refractivity contribution in [2.45, 2.75) is 45.2 Å². The van der Waals surface area contributed by atoms with Gasteiger partial charge in [0.2, 0.25) is 5.95 Å². The summed E-state index contributed by atoms with van der Waals surface area (Å²) in [6.45, 7) is 2.88. The molecule has 1 aliphatic carbocycles. The SMILES string of the molecule is Cc1cc(N(C)Cc2ccccc2)nc(NC2CCCC2)n1. The van der Waals surface area contributed by atoms with Gasteiger partial charge in [-0.15, -0.1) is 0 Å². The largest absolute Gasteiger partial charge is 0.355 e. The van der Waals surface area contributed by atoms with Gasteiger partial charge in [-0.1, -0.05) is 43.2 Å². The highest BCUT2D eigenvalue weighted by atomic mass is 15.2. The van der Waals surface area contributed by atoms with Crippen LogP contribution in [-0.2, 0) is 6.54 Å². The lowest BCUT2D eigenvalue weighted by atomic mass is 10.2. The van der Waals surface area contributed by atoms with E-state index in [4.69, 9.17) is 4.98 Å². The standard InChI is InChI=1S/C18H24N4/c1-14-12-17(22(2)13-15-8-4-3-5-9-15)21-18(19-14)20-16-10-6-7-11-16/h3-5,8-9,12,16H,6-7,10-11,13H2,1-2H3,(H,19,20,21). The number of nitrogens with zero attached hydrogens (tertiary/aromatic N) is 3. The fourth-order valence-electron chi connectivity index (χ4n) is 3.00. The molecule has 22 heavy (non-hydrogen) atoms. The molecule has 0 unspecified atom stereocenters. The molecule has 1 heterocycles. The molecule has 1 aliphatic rings. The van der Waals surface area contributed by atoms with E-state index >= 15 is 0 Å². The molecular formula is C18H24N4. The smallest absolute Gasteiger partial charge is 0.225 e. The number of hydrogen-bond donors (Lipinski definition) is 1. The molecule has 1 fully saturated rings. The minimum absolute atomic E-state index is 0.536. The maximum absolute atomic E-state index is 4.70. The van der Waals surface area contributed by atoms with E-state index in [9.17, 15) is 0 Å². The molecule has 1 N–H and O–H groups in total. The van der Waals surface area contributed by atoms with Crippen molar-refractivity contribution in [3.05, 3.63) is 47.7 Å². The average Bonchev–Trinajstić information content (AvgIpc) is 3.00. The second-order valence-corrected chi connectivity index (χ2v) is 6.16. The molecule has 0 spiro atoms. The molecule has 0 amide bonds. The van der Waals surface area contributed by atoms with Crippen LogP contribution in [0.15, 0.2) is 36.4 Å². The van der Waals surface area contributed by atoms with E-state index in [1.165, 1.54) is 31.2 Å². The first-order chi connectivity index (χ1) is 10.7. The van der Waals surface area contributed by atoms with Gasteiger partial charge in [0.1, 0.15) is 5.82 Å². The summed E-state index contributed by atoms with van der Waals surface area (Å²) in [6, 6.07) is 13.0. The van der Waals surface area contributed by atoms with Crippen molar-refractivity contribution in [3.63, 3.8) is 0 Å². The third-order valence-corrected chi connectivity index (χ3v) is 4.18. The van der Waals surface area contributed by atoms with Crippen molar-refractivity contribution < 1.29 is 0 Å². The molecule has 0 radical (unpaired) electrons. The monoisotopic (exact) mass is 296 g/mol. The lowest BCUT2D eigenvalue weighted by Gasteiger charge is -2.20. The number of nitrogens with one attached hydrogen (secondary N) is 1. The molecule has 3 rings (SSSR count). The van der Waals surface area contributed by atoms with Crippen molar-refractivity contribution in [3.8, 4) is 0 Å². The predicted octanol–water partition coefficient (Wildman–Crippen LogP) is 3.78. The molecule has 0 saturated heterocycles. The number of aryl methyl sites for hydroxylation is 1. The Morgan fingerprint density at radius 2 is 1.86 bits per heavy atom. The normalized spacial score (nSPS) is 15.0. The summed E-state index contributed by atoms with van der Waals surface area (Å²) < 4.78 is 0. The molecule has 1 saturated carbocycles. The fraction of sp³-hybridized carbons (Fsp3) is 0.444. The van der Waals surface area contributed by atoms with Gasteiger partial charge >= 0.3 is 0 Å². The topological polar surface area (TPSA) is 41.1 Å². The summed E-state index contributed by atoms with van der Waals surface area (Å²) in [5.41, 5.74) is 2.29. The number of rotatable bonds is 5. The van der Waals surface area contributed by atoms with Crippen molar-refractivity contribution >= 4 is 11.8 Å². The van der Waals surface area contributed by atoms with Crippen LogP contribution in [0.25, 0.3) is 0 Å². The van der Waals surface area contributed by atoms with Gasteiger partial charge in [0.05, 0.1) is 0 Å². The van der Waals surface area contributed by atoms with Gasteiger partial charge < -0.3 is 10.2 Å². The first-order valence-corrected chi connectivity index (χ1v) is 8.08. The van der Waals surface area contributed by atoms with Crippen LogP contribution in [0.2, 0.25) is 0 Å². The quantitative estimate of drug-likeness (QED) is 0.911. The van der Waals surface area contributed by atoms with Crippen molar-refractivity contribution in [1.29, 1.82) is 0 Å². The number of hydrogen-bond acceptors (Lipinski definition) is 4. The zero-order valence-electron chi connectivity index (χ0n) is 13.4. The summed E-state index contributed by atoms with van der Waals surface area (Å²) in [5.74, 6) is 1.73. The second kappa shape index (κ2) is 6.77. The van der Waals surface area contributed by atoms with Crippen LogP contribution in [0, 0.1) is 6.92 Å². The molecule has 1 aromatic heterocycles. The van der Waals surface area contributed by atoms with E-state index < -0.39 is 0 Å². The van der Waals surface area contributed by atoms with Crippen LogP contribution in [0.5, 0.6) is 0 Å².